The Bertz CT molecular complexity index is 499. The second kappa shape index (κ2) is 6.08. The number of hydrogen-bond donors (Lipinski definition) is 1. The van der Waals surface area contributed by atoms with Crippen molar-refractivity contribution >= 4 is 11.8 Å². The van der Waals surface area contributed by atoms with Gasteiger partial charge in [0.15, 0.2) is 11.5 Å². The fourth-order valence-electron chi connectivity index (χ4n) is 1.63. The molecule has 0 saturated heterocycles. The van der Waals surface area contributed by atoms with E-state index in [9.17, 15) is 4.79 Å². The number of carbonyl (C=O) groups excluding carboxylic acids is 1. The lowest BCUT2D eigenvalue weighted by Gasteiger charge is -2.09. The lowest BCUT2D eigenvalue weighted by Crippen LogP contribution is -2.18. The van der Waals surface area contributed by atoms with Crippen LogP contribution in [0.1, 0.15) is 18.9 Å². The summed E-state index contributed by atoms with van der Waals surface area (Å²) in [6, 6.07) is 5.55. The Morgan fingerprint density at radius 3 is 2.79 bits per heavy atom. The van der Waals surface area contributed by atoms with E-state index in [1.807, 2.05) is 18.2 Å². The van der Waals surface area contributed by atoms with Crippen LogP contribution in [0.3, 0.4) is 0 Å². The van der Waals surface area contributed by atoms with Gasteiger partial charge in [-0.05, 0) is 25.1 Å². The van der Waals surface area contributed by atoms with Crippen LogP contribution in [-0.4, -0.2) is 32.1 Å². The first-order chi connectivity index (χ1) is 9.20. The van der Waals surface area contributed by atoms with Crippen molar-refractivity contribution in [1.29, 1.82) is 0 Å². The molecule has 1 amide bonds. The van der Waals surface area contributed by atoms with E-state index in [0.717, 1.165) is 17.7 Å². The monoisotopic (exact) mass is 264 g/mol. The molecule has 1 aromatic rings. The quantitative estimate of drug-likeness (QED) is 0.654. The molecule has 0 atom stereocenters. The molecular weight excluding hydrogens is 248 g/mol. The number of carbonyl (C=O) groups is 1. The summed E-state index contributed by atoms with van der Waals surface area (Å²) in [5.41, 5.74) is 3.78. The van der Waals surface area contributed by atoms with Gasteiger partial charge in [-0.25, -0.2) is 10.2 Å². The third kappa shape index (κ3) is 3.37. The van der Waals surface area contributed by atoms with Crippen LogP contribution in [0.5, 0.6) is 11.5 Å². The van der Waals surface area contributed by atoms with Crippen LogP contribution < -0.4 is 14.9 Å². The Morgan fingerprint density at radius 2 is 2.05 bits per heavy atom. The third-order valence-corrected chi connectivity index (χ3v) is 2.67. The van der Waals surface area contributed by atoms with E-state index in [2.05, 4.69) is 15.3 Å². The molecule has 0 aliphatic carbocycles. The fourth-order valence-corrected chi connectivity index (χ4v) is 1.63. The van der Waals surface area contributed by atoms with E-state index in [1.54, 1.807) is 6.92 Å². The topological polar surface area (TPSA) is 69.2 Å². The molecule has 0 spiro atoms. The molecule has 0 bridgehead atoms. The molecule has 0 saturated carbocycles. The van der Waals surface area contributed by atoms with Gasteiger partial charge in [0, 0.05) is 12.0 Å². The highest BCUT2D eigenvalue weighted by atomic mass is 16.5. The molecule has 1 aromatic carbocycles. The number of fused-ring (bicyclic) bond motifs is 1. The number of methoxy groups -OCH3 is 1. The summed E-state index contributed by atoms with van der Waals surface area (Å²) in [4.78, 5) is 10.9. The molecule has 0 aromatic heterocycles. The van der Waals surface area contributed by atoms with Crippen LogP contribution in [0.2, 0.25) is 0 Å². The molecule has 6 nitrogen and oxygen atoms in total. The van der Waals surface area contributed by atoms with E-state index in [4.69, 9.17) is 9.47 Å². The van der Waals surface area contributed by atoms with Crippen molar-refractivity contribution in [2.45, 2.75) is 13.3 Å². The van der Waals surface area contributed by atoms with E-state index in [0.29, 0.717) is 24.7 Å². The smallest absolute Gasteiger partial charge is 0.427 e. The predicted molar refractivity (Wildman–Crippen MR) is 69.8 cm³/mol. The highest BCUT2D eigenvalue weighted by Crippen LogP contribution is 2.30. The van der Waals surface area contributed by atoms with Gasteiger partial charge >= 0.3 is 6.09 Å². The summed E-state index contributed by atoms with van der Waals surface area (Å²) >= 11 is 0. The van der Waals surface area contributed by atoms with Crippen molar-refractivity contribution in [3.05, 3.63) is 23.8 Å². The van der Waals surface area contributed by atoms with Crippen LogP contribution in [0, 0.1) is 0 Å². The number of amides is 1. The minimum atomic E-state index is -0.603. The van der Waals surface area contributed by atoms with Gasteiger partial charge in [0.05, 0.1) is 26.0 Å². The van der Waals surface area contributed by atoms with Gasteiger partial charge in [0.2, 0.25) is 0 Å². The van der Waals surface area contributed by atoms with Crippen LogP contribution in [0.4, 0.5) is 4.79 Å². The van der Waals surface area contributed by atoms with Crippen LogP contribution in [0.15, 0.2) is 23.3 Å². The lowest BCUT2D eigenvalue weighted by molar-refractivity contribution is 0.171. The molecular formula is C13H16N2O4. The van der Waals surface area contributed by atoms with Gasteiger partial charge in [-0.3, -0.25) is 0 Å². The van der Waals surface area contributed by atoms with Crippen LogP contribution in [-0.2, 0) is 4.74 Å². The Kier molecular flexibility index (Phi) is 4.22. The highest BCUT2D eigenvalue weighted by Gasteiger charge is 2.11. The van der Waals surface area contributed by atoms with Crippen molar-refractivity contribution in [2.24, 2.45) is 5.10 Å². The van der Waals surface area contributed by atoms with Gasteiger partial charge in [-0.15, -0.1) is 0 Å². The molecule has 1 heterocycles. The Hall–Kier alpha value is -2.24. The summed E-state index contributed by atoms with van der Waals surface area (Å²) in [6.45, 7) is 3.07. The summed E-state index contributed by atoms with van der Waals surface area (Å²) in [5, 5.41) is 3.93. The van der Waals surface area contributed by atoms with Crippen molar-refractivity contribution in [2.75, 3.05) is 20.3 Å². The number of benzene rings is 1. The SMILES string of the molecule is COC(=O)N/N=C(/C)c1ccc2c(c1)OCCCO2. The first kappa shape index (κ1) is 13.2. The summed E-state index contributed by atoms with van der Waals surface area (Å²) in [7, 11) is 1.29. The minimum absolute atomic E-state index is 0.603. The van der Waals surface area contributed by atoms with E-state index >= 15 is 0 Å². The van der Waals surface area contributed by atoms with Gasteiger partial charge in [0.25, 0.3) is 0 Å². The second-order valence-corrected chi connectivity index (χ2v) is 4.01. The van der Waals surface area contributed by atoms with Gasteiger partial charge in [-0.2, -0.15) is 5.10 Å². The zero-order valence-electron chi connectivity index (χ0n) is 10.9. The molecule has 102 valence electrons. The van der Waals surface area contributed by atoms with Gasteiger partial charge in [0.1, 0.15) is 0 Å². The average Bonchev–Trinajstić information content (AvgIpc) is 2.68. The number of hydrogen-bond acceptors (Lipinski definition) is 5. The largest absolute Gasteiger partial charge is 0.490 e. The first-order valence-corrected chi connectivity index (χ1v) is 5.99. The molecule has 0 unspecified atom stereocenters. The number of nitrogens with zero attached hydrogens (tertiary/aromatic N) is 1. The number of hydrazone groups is 1. The second-order valence-electron chi connectivity index (χ2n) is 4.01. The Balaban J connectivity index is 2.16. The molecule has 0 radical (unpaired) electrons. The first-order valence-electron chi connectivity index (χ1n) is 5.99. The van der Waals surface area contributed by atoms with Crippen molar-refractivity contribution in [1.82, 2.24) is 5.43 Å². The fraction of sp³-hybridized carbons (Fsp3) is 0.385. The average molecular weight is 264 g/mol. The van der Waals surface area contributed by atoms with Gasteiger partial charge in [-0.1, -0.05) is 0 Å². The summed E-state index contributed by atoms with van der Waals surface area (Å²) in [6.07, 6.45) is 0.259. The predicted octanol–water partition coefficient (Wildman–Crippen LogP) is 1.93. The Morgan fingerprint density at radius 1 is 1.32 bits per heavy atom. The maximum atomic E-state index is 10.9. The standard InChI is InChI=1S/C13H16N2O4/c1-9(14-15-13(16)17-2)10-4-5-11-12(8-10)19-7-3-6-18-11/h4-5,8H,3,6-7H2,1-2H3,(H,15,16)/b14-9-. The molecule has 19 heavy (non-hydrogen) atoms. The molecule has 1 N–H and O–H groups in total. The van der Waals surface area contributed by atoms with Crippen molar-refractivity contribution in [3.8, 4) is 11.5 Å². The van der Waals surface area contributed by atoms with E-state index in [1.165, 1.54) is 7.11 Å². The van der Waals surface area contributed by atoms with Crippen LogP contribution >= 0.6 is 0 Å². The Labute approximate surface area is 111 Å². The van der Waals surface area contributed by atoms with E-state index in [-0.39, 0.29) is 0 Å². The van der Waals surface area contributed by atoms with E-state index < -0.39 is 6.09 Å². The zero-order chi connectivity index (χ0) is 13.7. The normalized spacial score (nSPS) is 14.5. The number of nitrogens with one attached hydrogen (secondary N) is 1. The lowest BCUT2D eigenvalue weighted by atomic mass is 10.1. The molecule has 1 aliphatic heterocycles. The number of rotatable bonds is 2. The summed E-state index contributed by atoms with van der Waals surface area (Å²) in [5.74, 6) is 1.43. The van der Waals surface area contributed by atoms with Crippen molar-refractivity contribution in [3.63, 3.8) is 0 Å². The molecule has 2 rings (SSSR count). The maximum Gasteiger partial charge on any atom is 0.427 e. The minimum Gasteiger partial charge on any atom is -0.490 e. The molecule has 1 aliphatic rings. The third-order valence-electron chi connectivity index (χ3n) is 2.67. The summed E-state index contributed by atoms with van der Waals surface area (Å²) < 4.78 is 15.6. The maximum absolute atomic E-state index is 10.9. The molecule has 0 fully saturated rings. The molecule has 6 heteroatoms. The van der Waals surface area contributed by atoms with Crippen molar-refractivity contribution < 1.29 is 19.0 Å². The van der Waals surface area contributed by atoms with Gasteiger partial charge < -0.3 is 14.2 Å². The number of ether oxygens (including phenoxy) is 3. The highest BCUT2D eigenvalue weighted by molar-refractivity contribution is 5.99. The van der Waals surface area contributed by atoms with Crippen LogP contribution in [0.25, 0.3) is 0 Å². The zero-order valence-corrected chi connectivity index (χ0v) is 10.9.